The number of primary amides is 2. The Kier molecular flexibility index (Phi) is 8.03. The van der Waals surface area contributed by atoms with Gasteiger partial charge in [-0.15, -0.1) is 5.10 Å². The number of aliphatic hydroxyl groups excluding tert-OH is 2. The highest BCUT2D eigenvalue weighted by molar-refractivity contribution is 7.98. The van der Waals surface area contributed by atoms with Crippen LogP contribution in [-0.2, 0) is 17.0 Å². The maximum atomic E-state index is 12.2. The van der Waals surface area contributed by atoms with Crippen molar-refractivity contribution in [2.45, 2.75) is 42.0 Å². The van der Waals surface area contributed by atoms with Gasteiger partial charge in [0.15, 0.2) is 17.1 Å². The van der Waals surface area contributed by atoms with Crippen LogP contribution in [0.2, 0.25) is 0 Å². The number of carbonyl (C=O) groups excluding carboxylic acids is 2. The van der Waals surface area contributed by atoms with Gasteiger partial charge in [0.2, 0.25) is 5.91 Å². The lowest BCUT2D eigenvalue weighted by Crippen LogP contribution is -2.34. The fourth-order valence-corrected chi connectivity index (χ4v) is 6.15. The van der Waals surface area contributed by atoms with E-state index in [0.717, 1.165) is 5.56 Å². The van der Waals surface area contributed by atoms with Gasteiger partial charge in [0.1, 0.15) is 24.0 Å². The van der Waals surface area contributed by atoms with Crippen LogP contribution in [0, 0.1) is 10.1 Å². The van der Waals surface area contributed by atoms with Crippen molar-refractivity contribution >= 4 is 40.3 Å². The fourth-order valence-electron chi connectivity index (χ4n) is 5.17. The number of nitrogens with two attached hydrogens (primary N) is 2. The van der Waals surface area contributed by atoms with Gasteiger partial charge in [0.25, 0.3) is 11.6 Å². The van der Waals surface area contributed by atoms with E-state index in [1.54, 1.807) is 65.2 Å². The number of aliphatic hydroxyl groups is 2. The van der Waals surface area contributed by atoms with Crippen LogP contribution in [0.4, 0.5) is 5.69 Å². The third kappa shape index (κ3) is 5.74. The highest BCUT2D eigenvalue weighted by Crippen LogP contribution is 2.36. The zero-order valence-electron chi connectivity index (χ0n) is 23.3. The molecule has 0 bridgehead atoms. The monoisotopic (exact) mass is 630 g/mol. The van der Waals surface area contributed by atoms with E-state index in [4.69, 9.17) is 16.2 Å². The molecule has 6 N–H and O–H groups in total. The minimum atomic E-state index is -1.45. The van der Waals surface area contributed by atoms with E-state index in [1.165, 1.54) is 28.6 Å². The van der Waals surface area contributed by atoms with Gasteiger partial charge >= 0.3 is 0 Å². The van der Waals surface area contributed by atoms with E-state index < -0.39 is 41.3 Å². The third-order valence-corrected chi connectivity index (χ3v) is 8.48. The Hall–Kier alpha value is -5.16. The minimum Gasteiger partial charge on any atom is -0.387 e. The minimum absolute atomic E-state index is 0.0267. The summed E-state index contributed by atoms with van der Waals surface area (Å²) in [5.74, 6) is -1.04. The number of rotatable bonds is 10. The molecule has 16 heteroatoms. The molecule has 0 radical (unpaired) electrons. The number of carbonyl (C=O) groups is 2. The number of non-ortho nitro benzene ring substituents is 1. The maximum absolute atomic E-state index is 12.2. The number of nitro benzene ring substituents is 1. The zero-order chi connectivity index (χ0) is 31.8. The molecule has 1 aliphatic heterocycles. The molecular formula is C29H26N8O7S. The second kappa shape index (κ2) is 12.1. The summed E-state index contributed by atoms with van der Waals surface area (Å²) in [4.78, 5) is 39.3. The van der Waals surface area contributed by atoms with Crippen molar-refractivity contribution in [3.05, 3.63) is 99.7 Å². The number of hydrogen-bond donors (Lipinski definition) is 4. The van der Waals surface area contributed by atoms with Crippen molar-refractivity contribution < 1.29 is 29.5 Å². The van der Waals surface area contributed by atoms with E-state index >= 15 is 0 Å². The molecule has 3 heterocycles. The molecule has 0 unspecified atom stereocenters. The van der Waals surface area contributed by atoms with Crippen LogP contribution in [-0.4, -0.2) is 69.8 Å². The smallest absolute Gasteiger partial charge is 0.271 e. The van der Waals surface area contributed by atoms with Gasteiger partial charge in [0, 0.05) is 29.0 Å². The predicted octanol–water partition coefficient (Wildman–Crippen LogP) is 2.01. The summed E-state index contributed by atoms with van der Waals surface area (Å²) in [6, 6.07) is 19.7. The number of fused-ring (bicyclic) bond motifs is 1. The molecule has 3 aromatic carbocycles. The lowest BCUT2D eigenvalue weighted by molar-refractivity contribution is -0.384. The second-order valence-corrected chi connectivity index (χ2v) is 11.2. The van der Waals surface area contributed by atoms with Crippen molar-refractivity contribution in [2.24, 2.45) is 11.5 Å². The number of nitrogens with zero attached hydrogens (tertiary/aromatic N) is 6. The van der Waals surface area contributed by atoms with E-state index in [1.807, 2.05) is 0 Å². The SMILES string of the molecule is NC(=O)c1ccc2c(c1)nc(SCc1ccc([N+](=O)[O-])cc1)n2C[C@H]1O[C@@H](n2nnc(C(N)=O)c2-c2ccccc2)[C@H](O)[C@@H]1O. The lowest BCUT2D eigenvalue weighted by atomic mass is 10.1. The Morgan fingerprint density at radius 1 is 1.00 bits per heavy atom. The van der Waals surface area contributed by atoms with Gasteiger partial charge in [-0.25, -0.2) is 9.67 Å². The van der Waals surface area contributed by atoms with Crippen LogP contribution in [0.3, 0.4) is 0 Å². The van der Waals surface area contributed by atoms with E-state index in [0.29, 0.717) is 27.5 Å². The standard InChI is InChI=1S/C29H26N8O7S/c30-26(40)17-8-11-20-19(12-17)32-29(45-14-15-6-9-18(10-7-15)37(42)43)35(20)13-21-24(38)25(39)28(44-21)36-23(16-4-2-1-3-5-16)22(27(31)41)33-34-36/h1-12,21,24-25,28,38-39H,13-14H2,(H2,30,40)(H2,31,41)/t21-,24-,25-,28-/m1/s1. The Morgan fingerprint density at radius 3 is 2.40 bits per heavy atom. The van der Waals surface area contributed by atoms with Crippen LogP contribution >= 0.6 is 11.8 Å². The number of aromatic nitrogens is 5. The first-order valence-corrected chi connectivity index (χ1v) is 14.6. The van der Waals surface area contributed by atoms with Crippen molar-refractivity contribution in [3.63, 3.8) is 0 Å². The van der Waals surface area contributed by atoms with Crippen molar-refractivity contribution in [2.75, 3.05) is 0 Å². The molecule has 45 heavy (non-hydrogen) atoms. The molecule has 1 aliphatic rings. The number of imidazole rings is 1. The number of benzene rings is 3. The molecule has 0 spiro atoms. The van der Waals surface area contributed by atoms with Crippen LogP contribution in [0.1, 0.15) is 32.6 Å². The summed E-state index contributed by atoms with van der Waals surface area (Å²) in [5, 5.41) is 41.7. The highest BCUT2D eigenvalue weighted by atomic mass is 32.2. The van der Waals surface area contributed by atoms with Crippen molar-refractivity contribution in [1.29, 1.82) is 0 Å². The Morgan fingerprint density at radius 2 is 1.73 bits per heavy atom. The highest BCUT2D eigenvalue weighted by Gasteiger charge is 2.46. The molecule has 6 rings (SSSR count). The van der Waals surface area contributed by atoms with Gasteiger partial charge < -0.3 is 31.0 Å². The molecule has 1 fully saturated rings. The topological polar surface area (TPSA) is 228 Å². The number of thioether (sulfide) groups is 1. The van der Waals surface area contributed by atoms with Gasteiger partial charge in [0.05, 0.1) is 22.5 Å². The zero-order valence-corrected chi connectivity index (χ0v) is 24.2. The number of amides is 2. The number of hydrogen-bond acceptors (Lipinski definition) is 11. The van der Waals surface area contributed by atoms with Crippen LogP contribution in [0.5, 0.6) is 0 Å². The molecule has 230 valence electrons. The largest absolute Gasteiger partial charge is 0.387 e. The summed E-state index contributed by atoms with van der Waals surface area (Å²) in [7, 11) is 0. The maximum Gasteiger partial charge on any atom is 0.271 e. The molecule has 0 aliphatic carbocycles. The summed E-state index contributed by atoms with van der Waals surface area (Å²) in [5.41, 5.74) is 13.8. The van der Waals surface area contributed by atoms with E-state index in [2.05, 4.69) is 15.3 Å². The fraction of sp³-hybridized carbons (Fsp3) is 0.207. The molecule has 1 saturated heterocycles. The summed E-state index contributed by atoms with van der Waals surface area (Å²) in [6.45, 7) is 0.0295. The number of ether oxygens (including phenoxy) is 1. The van der Waals surface area contributed by atoms with Crippen LogP contribution < -0.4 is 11.5 Å². The molecule has 2 amide bonds. The third-order valence-electron chi connectivity index (χ3n) is 7.43. The number of nitro groups is 1. The van der Waals surface area contributed by atoms with Crippen LogP contribution in [0.25, 0.3) is 22.3 Å². The lowest BCUT2D eigenvalue weighted by Gasteiger charge is -2.18. The Bertz CT molecular complexity index is 1910. The predicted molar refractivity (Wildman–Crippen MR) is 161 cm³/mol. The normalized spacial score (nSPS) is 19.6. The quantitative estimate of drug-likeness (QED) is 0.0991. The molecule has 4 atom stereocenters. The van der Waals surface area contributed by atoms with Crippen molar-refractivity contribution in [3.8, 4) is 11.3 Å². The van der Waals surface area contributed by atoms with Gasteiger partial charge in [-0.3, -0.25) is 19.7 Å². The first kappa shape index (κ1) is 29.9. The van der Waals surface area contributed by atoms with Gasteiger partial charge in [-0.2, -0.15) is 0 Å². The van der Waals surface area contributed by atoms with Crippen molar-refractivity contribution in [1.82, 2.24) is 24.5 Å². The van der Waals surface area contributed by atoms with Gasteiger partial charge in [-0.05, 0) is 23.8 Å². The molecule has 0 saturated carbocycles. The summed E-state index contributed by atoms with van der Waals surface area (Å²) < 4.78 is 9.20. The Balaban J connectivity index is 1.32. The molecule has 2 aromatic heterocycles. The van der Waals surface area contributed by atoms with Gasteiger partial charge in [-0.1, -0.05) is 59.4 Å². The summed E-state index contributed by atoms with van der Waals surface area (Å²) >= 11 is 1.33. The molecule has 15 nitrogen and oxygen atoms in total. The summed E-state index contributed by atoms with van der Waals surface area (Å²) in [6.07, 6.45) is -5.02. The van der Waals surface area contributed by atoms with E-state index in [-0.39, 0.29) is 29.2 Å². The first-order chi connectivity index (χ1) is 21.6. The first-order valence-electron chi connectivity index (χ1n) is 13.6. The van der Waals surface area contributed by atoms with E-state index in [9.17, 15) is 29.9 Å². The molecular weight excluding hydrogens is 604 g/mol. The second-order valence-electron chi connectivity index (χ2n) is 10.3. The average Bonchev–Trinajstić information content (AvgIpc) is 3.71. The Labute approximate surface area is 258 Å². The molecule has 5 aromatic rings. The average molecular weight is 631 g/mol. The van der Waals surface area contributed by atoms with Crippen LogP contribution in [0.15, 0.2) is 78.0 Å².